The summed E-state index contributed by atoms with van der Waals surface area (Å²) in [7, 11) is 0. The standard InChI is InChI=1S/C87H112N2/c1-7-13-19-25-27-29-31-65-87(66-32-30-28-26-20-14-8-2)85-71-79(51-49-75-41-37-73(38-42-75)45-47-77-53-59-81(60-54-77)88(67-33-21-15-9-3)68-34-22-16-10-4)57-63-83(85)84-64-58-80(72-86(84)87)52-50-76-43-39-74(40-44-76)46-48-78-55-61-82(62-56-78)89(69-35-23-17-11-5)70-36-24-18-12-6/h37-44,53-64,71-72H,7-36,65-70H2,1-6H3. The Morgan fingerprint density at radius 2 is 0.449 bits per heavy atom. The van der Waals surface area contributed by atoms with Crippen molar-refractivity contribution in [3.05, 3.63) is 189 Å². The van der Waals surface area contributed by atoms with Crippen LogP contribution in [0.25, 0.3) is 11.1 Å². The SMILES string of the molecule is CCCCCCCCCC1(CCCCCCCCC)c2cc(C#Cc3ccc(C#Cc4ccc(N(CCCCCC)CCCCCC)cc4)cc3)ccc2-c2ccc(C#Cc3ccc(C#Cc4ccc(N(CCCCCC)CCCCCC)cc4)cc3)cc21. The van der Waals surface area contributed by atoms with Gasteiger partial charge in [0.25, 0.3) is 0 Å². The molecule has 0 radical (unpaired) electrons. The van der Waals surface area contributed by atoms with Gasteiger partial charge >= 0.3 is 0 Å². The van der Waals surface area contributed by atoms with E-state index in [0.29, 0.717) is 0 Å². The zero-order valence-electron chi connectivity index (χ0n) is 56.6. The number of hydrogen-bond donors (Lipinski definition) is 0. The van der Waals surface area contributed by atoms with E-state index >= 15 is 0 Å². The highest BCUT2D eigenvalue weighted by molar-refractivity contribution is 5.82. The van der Waals surface area contributed by atoms with Crippen molar-refractivity contribution in [1.29, 1.82) is 0 Å². The molecule has 0 N–H and O–H groups in total. The summed E-state index contributed by atoms with van der Waals surface area (Å²) in [6.45, 7) is 18.3. The van der Waals surface area contributed by atoms with Crippen LogP contribution in [0.5, 0.6) is 0 Å². The topological polar surface area (TPSA) is 6.48 Å². The number of rotatable bonds is 38. The minimum atomic E-state index is -0.0854. The summed E-state index contributed by atoms with van der Waals surface area (Å²) in [5.74, 6) is 28.2. The van der Waals surface area contributed by atoms with Gasteiger partial charge in [0.05, 0.1) is 0 Å². The molecule has 0 unspecified atom stereocenters. The number of anilines is 2. The highest BCUT2D eigenvalue weighted by Crippen LogP contribution is 2.55. The third-order valence-corrected chi connectivity index (χ3v) is 18.5. The van der Waals surface area contributed by atoms with E-state index in [0.717, 1.165) is 83.5 Å². The lowest BCUT2D eigenvalue weighted by Gasteiger charge is -2.33. The molecular formula is C87H112N2. The summed E-state index contributed by atoms with van der Waals surface area (Å²) in [6, 6.07) is 49.1. The number of unbranched alkanes of at least 4 members (excludes halogenated alkanes) is 24. The summed E-state index contributed by atoms with van der Waals surface area (Å²) in [6.07, 6.45) is 41.2. The maximum atomic E-state index is 3.65. The molecule has 7 rings (SSSR count). The molecule has 0 saturated heterocycles. The lowest BCUT2D eigenvalue weighted by molar-refractivity contribution is 0.397. The third kappa shape index (κ3) is 23.5. The van der Waals surface area contributed by atoms with E-state index in [4.69, 9.17) is 0 Å². The summed E-state index contributed by atoms with van der Waals surface area (Å²) >= 11 is 0. The van der Waals surface area contributed by atoms with Gasteiger partial charge in [-0.3, -0.25) is 0 Å². The normalized spacial score (nSPS) is 11.7. The Bertz CT molecular complexity index is 2970. The lowest BCUT2D eigenvalue weighted by Crippen LogP contribution is -2.26. The molecule has 0 spiro atoms. The molecule has 2 heteroatoms. The van der Waals surface area contributed by atoms with E-state index in [1.807, 2.05) is 0 Å². The van der Waals surface area contributed by atoms with Crippen molar-refractivity contribution < 1.29 is 0 Å². The van der Waals surface area contributed by atoms with Crippen LogP contribution in [0.1, 0.15) is 303 Å². The van der Waals surface area contributed by atoms with Gasteiger partial charge in [-0.25, -0.2) is 0 Å². The third-order valence-electron chi connectivity index (χ3n) is 18.5. The predicted octanol–water partition coefficient (Wildman–Crippen LogP) is 23.8. The second-order valence-corrected chi connectivity index (χ2v) is 25.8. The lowest BCUT2D eigenvalue weighted by atomic mass is 9.70. The van der Waals surface area contributed by atoms with Gasteiger partial charge in [0.2, 0.25) is 0 Å². The zero-order valence-corrected chi connectivity index (χ0v) is 56.6. The van der Waals surface area contributed by atoms with E-state index < -0.39 is 0 Å². The molecule has 0 saturated carbocycles. The van der Waals surface area contributed by atoms with E-state index in [1.54, 1.807) is 0 Å². The molecule has 0 fully saturated rings. The molecule has 470 valence electrons. The molecule has 0 amide bonds. The Morgan fingerprint density at radius 1 is 0.236 bits per heavy atom. The first kappa shape index (κ1) is 69.6. The Labute approximate surface area is 544 Å². The highest BCUT2D eigenvalue weighted by atomic mass is 15.1. The van der Waals surface area contributed by atoms with Gasteiger partial charge < -0.3 is 9.80 Å². The van der Waals surface area contributed by atoms with Gasteiger partial charge in [0, 0.05) is 87.5 Å². The first-order valence-corrected chi connectivity index (χ1v) is 36.2. The molecular weight excluding hydrogens is 1070 g/mol. The van der Waals surface area contributed by atoms with Crippen molar-refractivity contribution in [2.45, 2.75) is 252 Å². The van der Waals surface area contributed by atoms with Crippen molar-refractivity contribution in [2.24, 2.45) is 0 Å². The van der Waals surface area contributed by atoms with Crippen molar-refractivity contribution in [1.82, 2.24) is 0 Å². The number of hydrogen-bond acceptors (Lipinski definition) is 2. The fraction of sp³-hybridized carbons (Fsp3) is 0.494. The summed E-state index contributed by atoms with van der Waals surface area (Å²) < 4.78 is 0. The first-order chi connectivity index (χ1) is 43.9. The molecule has 2 nitrogen and oxygen atoms in total. The molecule has 6 aromatic carbocycles. The van der Waals surface area contributed by atoms with Crippen LogP contribution in [0.3, 0.4) is 0 Å². The smallest absolute Gasteiger partial charge is 0.0367 e. The highest BCUT2D eigenvalue weighted by Gasteiger charge is 2.42. The fourth-order valence-corrected chi connectivity index (χ4v) is 13.1. The Morgan fingerprint density at radius 3 is 0.719 bits per heavy atom. The maximum absolute atomic E-state index is 3.65. The minimum absolute atomic E-state index is 0.0854. The maximum Gasteiger partial charge on any atom is 0.0367 e. The monoisotopic (exact) mass is 1180 g/mol. The molecule has 6 aromatic rings. The summed E-state index contributed by atoms with van der Waals surface area (Å²) in [5.41, 5.74) is 16.6. The van der Waals surface area contributed by atoms with Gasteiger partial charge in [0.15, 0.2) is 0 Å². The van der Waals surface area contributed by atoms with E-state index in [1.165, 1.54) is 226 Å². The van der Waals surface area contributed by atoms with Crippen molar-refractivity contribution in [3.8, 4) is 58.5 Å². The van der Waals surface area contributed by atoms with E-state index in [-0.39, 0.29) is 5.41 Å². The average Bonchev–Trinajstić information content (AvgIpc) is 1.60. The van der Waals surface area contributed by atoms with Crippen LogP contribution in [0.4, 0.5) is 11.4 Å². The second-order valence-electron chi connectivity index (χ2n) is 25.8. The van der Waals surface area contributed by atoms with Crippen LogP contribution in [0.15, 0.2) is 133 Å². The van der Waals surface area contributed by atoms with Crippen LogP contribution in [-0.4, -0.2) is 26.2 Å². The number of fused-ring (bicyclic) bond motifs is 3. The first-order valence-electron chi connectivity index (χ1n) is 36.2. The average molecular weight is 1190 g/mol. The van der Waals surface area contributed by atoms with Crippen LogP contribution in [0, 0.1) is 47.4 Å². The molecule has 0 aliphatic heterocycles. The second kappa shape index (κ2) is 40.7. The van der Waals surface area contributed by atoms with Gasteiger partial charge in [-0.15, -0.1) is 0 Å². The molecule has 1 aliphatic rings. The van der Waals surface area contributed by atoms with Gasteiger partial charge in [0.1, 0.15) is 0 Å². The molecule has 0 bridgehead atoms. The summed E-state index contributed by atoms with van der Waals surface area (Å²) in [4.78, 5) is 5.19. The van der Waals surface area contributed by atoms with Crippen molar-refractivity contribution in [2.75, 3.05) is 36.0 Å². The van der Waals surface area contributed by atoms with E-state index in [9.17, 15) is 0 Å². The van der Waals surface area contributed by atoms with Gasteiger partial charge in [-0.05, 0) is 182 Å². The minimum Gasteiger partial charge on any atom is -0.372 e. The van der Waals surface area contributed by atoms with Crippen LogP contribution in [0.2, 0.25) is 0 Å². The Balaban J connectivity index is 1.09. The Kier molecular flexibility index (Phi) is 31.9. The van der Waals surface area contributed by atoms with Crippen LogP contribution >= 0.6 is 0 Å². The van der Waals surface area contributed by atoms with Gasteiger partial charge in [-0.1, -0.05) is 268 Å². The predicted molar refractivity (Wildman–Crippen MR) is 389 cm³/mol. The molecule has 0 atom stereocenters. The fourth-order valence-electron chi connectivity index (χ4n) is 13.1. The van der Waals surface area contributed by atoms with Crippen molar-refractivity contribution >= 4 is 11.4 Å². The Hall–Kier alpha value is -6.84. The molecule has 0 aromatic heterocycles. The van der Waals surface area contributed by atoms with Crippen LogP contribution in [-0.2, 0) is 5.41 Å². The van der Waals surface area contributed by atoms with Crippen LogP contribution < -0.4 is 9.80 Å². The van der Waals surface area contributed by atoms with Crippen molar-refractivity contribution in [3.63, 3.8) is 0 Å². The molecule has 89 heavy (non-hydrogen) atoms. The quantitative estimate of drug-likeness (QED) is 0.0282. The number of nitrogens with zero attached hydrogens (tertiary/aromatic N) is 2. The molecule has 0 heterocycles. The number of benzene rings is 6. The summed E-state index contributed by atoms with van der Waals surface area (Å²) in [5, 5.41) is 0. The van der Waals surface area contributed by atoms with E-state index in [2.05, 4.69) is 232 Å². The molecule has 1 aliphatic carbocycles. The van der Waals surface area contributed by atoms with Gasteiger partial charge in [-0.2, -0.15) is 0 Å². The largest absolute Gasteiger partial charge is 0.372 e. The zero-order chi connectivity index (χ0) is 62.4.